The van der Waals surface area contributed by atoms with Gasteiger partial charge in [-0.2, -0.15) is 0 Å². The van der Waals surface area contributed by atoms with Crippen molar-refractivity contribution >= 4 is 9.39 Å². The maximum atomic E-state index is 2.75. The molecule has 0 amide bonds. The zero-order valence-electron chi connectivity index (χ0n) is 27.3. The molecule has 3 aliphatic heterocycles. The first-order chi connectivity index (χ1) is 17.3. The Balaban J connectivity index is -0.000000411. The van der Waals surface area contributed by atoms with Crippen molar-refractivity contribution in [2.75, 3.05) is 99.2 Å². The summed E-state index contributed by atoms with van der Waals surface area (Å²) in [5.41, 5.74) is 0. The van der Waals surface area contributed by atoms with Gasteiger partial charge in [-0.1, -0.05) is 71.7 Å². The Morgan fingerprint density at radius 1 is 0.611 bits per heavy atom. The molecule has 0 saturated carbocycles. The number of rotatable bonds is 4. The Morgan fingerprint density at radius 2 is 1.14 bits per heavy atom. The fourth-order valence-corrected chi connectivity index (χ4v) is 4.60. The van der Waals surface area contributed by atoms with Crippen LogP contribution in [0.4, 0.5) is 0 Å². The van der Waals surface area contributed by atoms with Gasteiger partial charge in [0.25, 0.3) is 0 Å². The van der Waals surface area contributed by atoms with Gasteiger partial charge < -0.3 is 19.6 Å². The van der Waals surface area contributed by atoms with Gasteiger partial charge >= 0.3 is 0 Å². The third kappa shape index (κ3) is 20.2. The molecule has 0 aliphatic carbocycles. The molecule has 3 saturated heterocycles. The van der Waals surface area contributed by atoms with Gasteiger partial charge in [0, 0.05) is 77.5 Å². The Kier molecular flexibility index (Phi) is 31.9. The van der Waals surface area contributed by atoms with Crippen LogP contribution in [0, 0.1) is 0 Å². The summed E-state index contributed by atoms with van der Waals surface area (Å²) < 4.78 is 2.30. The van der Waals surface area contributed by atoms with Crippen LogP contribution in [0.2, 0.25) is 0 Å². The van der Waals surface area contributed by atoms with Crippen molar-refractivity contribution in [3.8, 4) is 0 Å². The van der Waals surface area contributed by atoms with Crippen LogP contribution in [0.25, 0.3) is 0 Å². The second-order valence-electron chi connectivity index (χ2n) is 9.34. The number of likely N-dealkylation sites (N-methyl/N-ethyl adjacent to an activating group) is 4. The Bertz CT molecular complexity index is 421. The van der Waals surface area contributed by atoms with E-state index >= 15 is 0 Å². The van der Waals surface area contributed by atoms with Crippen molar-refractivity contribution in [2.24, 2.45) is 0 Å². The maximum Gasteiger partial charge on any atom is 0.0195 e. The van der Waals surface area contributed by atoms with Gasteiger partial charge in [-0.3, -0.25) is 9.57 Å². The second kappa shape index (κ2) is 28.2. The van der Waals surface area contributed by atoms with Crippen LogP contribution in [-0.4, -0.2) is 140 Å². The third-order valence-electron chi connectivity index (χ3n) is 6.81. The molecule has 3 unspecified atom stereocenters. The summed E-state index contributed by atoms with van der Waals surface area (Å²) in [7, 11) is 7.16. The Morgan fingerprint density at radius 3 is 1.56 bits per heavy atom. The summed E-state index contributed by atoms with van der Waals surface area (Å²) >= 11 is 0. The number of nitrogens with zero attached hydrogens (tertiary/aromatic N) is 6. The summed E-state index contributed by atoms with van der Waals surface area (Å²) in [6.07, 6.45) is 1.29. The molecule has 0 bridgehead atoms. The first-order valence-electron chi connectivity index (χ1n) is 15.4. The molecule has 3 aliphatic rings. The number of piperazine rings is 3. The number of hydrogen-bond donors (Lipinski definition) is 0. The topological polar surface area (TPSA) is 19.4 Å². The molecule has 7 heteroatoms. The molecule has 0 aromatic carbocycles. The minimum absolute atomic E-state index is 0.746. The SMILES string of the molecule is CC.CC.CC.CCCN1CCN(C)C(C)C1.CCN1CCN(C)CC1C.CCN1CCN(P)CC1. The van der Waals surface area contributed by atoms with E-state index in [1.165, 1.54) is 91.5 Å². The van der Waals surface area contributed by atoms with Crippen molar-refractivity contribution in [3.05, 3.63) is 0 Å². The smallest absolute Gasteiger partial charge is 0.0195 e. The molecular formula is C29H71N6P. The molecule has 222 valence electrons. The molecule has 0 aromatic heterocycles. The highest BCUT2D eigenvalue weighted by molar-refractivity contribution is 7.13. The lowest BCUT2D eigenvalue weighted by Crippen LogP contribution is -2.50. The van der Waals surface area contributed by atoms with Gasteiger partial charge in [-0.25, -0.2) is 0 Å². The fraction of sp³-hybridized carbons (Fsp3) is 1.00. The van der Waals surface area contributed by atoms with Gasteiger partial charge in [-0.05, 0) is 54.0 Å². The average Bonchev–Trinajstić information content (AvgIpc) is 2.91. The fourth-order valence-electron chi connectivity index (χ4n) is 4.37. The highest BCUT2D eigenvalue weighted by Crippen LogP contribution is 2.07. The largest absolute Gasteiger partial charge is 0.304 e. The molecule has 0 spiro atoms. The van der Waals surface area contributed by atoms with Crippen LogP contribution in [-0.2, 0) is 0 Å². The normalized spacial score (nSPS) is 24.2. The summed E-state index contributed by atoms with van der Waals surface area (Å²) in [6, 6.07) is 1.50. The lowest BCUT2D eigenvalue weighted by molar-refractivity contribution is 0.105. The lowest BCUT2D eigenvalue weighted by atomic mass is 10.2. The van der Waals surface area contributed by atoms with Crippen molar-refractivity contribution in [2.45, 2.75) is 94.7 Å². The van der Waals surface area contributed by atoms with E-state index in [4.69, 9.17) is 0 Å². The summed E-state index contributed by atoms with van der Waals surface area (Å²) in [5.74, 6) is 0. The maximum absolute atomic E-state index is 2.75. The molecular weight excluding hydrogens is 463 g/mol. The third-order valence-corrected chi connectivity index (χ3v) is 7.33. The molecule has 36 heavy (non-hydrogen) atoms. The van der Waals surface area contributed by atoms with Crippen molar-refractivity contribution < 1.29 is 0 Å². The van der Waals surface area contributed by atoms with E-state index in [0.29, 0.717) is 0 Å². The van der Waals surface area contributed by atoms with Crippen LogP contribution in [0.15, 0.2) is 0 Å². The van der Waals surface area contributed by atoms with E-state index in [1.807, 2.05) is 41.5 Å². The molecule has 3 heterocycles. The predicted molar refractivity (Wildman–Crippen MR) is 170 cm³/mol. The van der Waals surface area contributed by atoms with Crippen LogP contribution >= 0.6 is 9.39 Å². The highest BCUT2D eigenvalue weighted by Gasteiger charge is 2.19. The van der Waals surface area contributed by atoms with Gasteiger partial charge in [0.1, 0.15) is 0 Å². The monoisotopic (exact) mass is 535 g/mol. The minimum atomic E-state index is 0.746. The molecule has 3 rings (SSSR count). The molecule has 3 fully saturated rings. The minimum Gasteiger partial charge on any atom is -0.304 e. The van der Waals surface area contributed by atoms with E-state index < -0.39 is 0 Å². The molecule has 0 N–H and O–H groups in total. The molecule has 0 aromatic rings. The second-order valence-corrected chi connectivity index (χ2v) is 10.1. The summed E-state index contributed by atoms with van der Waals surface area (Å²) in [6.45, 7) is 39.4. The molecule has 0 radical (unpaired) electrons. The van der Waals surface area contributed by atoms with E-state index in [9.17, 15) is 0 Å². The van der Waals surface area contributed by atoms with Crippen molar-refractivity contribution in [1.29, 1.82) is 0 Å². The van der Waals surface area contributed by atoms with Crippen LogP contribution in [0.1, 0.15) is 82.6 Å². The van der Waals surface area contributed by atoms with Crippen LogP contribution < -0.4 is 0 Å². The van der Waals surface area contributed by atoms with Crippen LogP contribution in [0.3, 0.4) is 0 Å². The van der Waals surface area contributed by atoms with E-state index in [0.717, 1.165) is 12.1 Å². The molecule has 6 nitrogen and oxygen atoms in total. The van der Waals surface area contributed by atoms with E-state index in [1.54, 1.807) is 0 Å². The Hall–Kier alpha value is 0.190. The summed E-state index contributed by atoms with van der Waals surface area (Å²) in [5, 5.41) is 0. The first kappa shape index (κ1) is 40.7. The van der Waals surface area contributed by atoms with Gasteiger partial charge in [0.05, 0.1) is 0 Å². The van der Waals surface area contributed by atoms with Gasteiger partial charge in [-0.15, -0.1) is 0 Å². The average molecular weight is 535 g/mol. The highest BCUT2D eigenvalue weighted by atomic mass is 31.0. The van der Waals surface area contributed by atoms with Crippen molar-refractivity contribution in [3.63, 3.8) is 0 Å². The molecule has 3 atom stereocenters. The van der Waals surface area contributed by atoms with E-state index in [2.05, 4.69) is 87.3 Å². The number of hydrogen-bond acceptors (Lipinski definition) is 6. The zero-order chi connectivity index (χ0) is 28.5. The zero-order valence-corrected chi connectivity index (χ0v) is 28.5. The van der Waals surface area contributed by atoms with Gasteiger partial charge in [0.15, 0.2) is 0 Å². The van der Waals surface area contributed by atoms with Crippen LogP contribution in [0.5, 0.6) is 0 Å². The Labute approximate surface area is 232 Å². The standard InChI is InChI=1S/C9H20N2.C8H18N2.C6H15N2P.3C2H6/c1-4-5-11-7-6-10(3)9(2)8-11;1-4-10-6-5-9(3)7-8(10)2;1-2-7-3-5-8(9)6-4-7;3*1-2/h9H,4-8H2,1-3H3;8H,4-7H2,1-3H3;2-6,9H2,1H3;3*1-2H3. The van der Waals surface area contributed by atoms with Crippen molar-refractivity contribution in [1.82, 2.24) is 29.2 Å². The van der Waals surface area contributed by atoms with Gasteiger partial charge in [0.2, 0.25) is 0 Å². The van der Waals surface area contributed by atoms with E-state index in [-0.39, 0.29) is 0 Å². The summed E-state index contributed by atoms with van der Waals surface area (Å²) in [4.78, 5) is 12.4. The lowest BCUT2D eigenvalue weighted by Gasteiger charge is -2.37. The predicted octanol–water partition coefficient (Wildman–Crippen LogP) is 5.17. The first-order valence-corrected chi connectivity index (χ1v) is 15.9. The quantitative estimate of drug-likeness (QED) is 0.461.